The third-order valence-electron chi connectivity index (χ3n) is 3.78. The Bertz CT molecular complexity index is 621. The van der Waals surface area contributed by atoms with Crippen molar-refractivity contribution in [3.63, 3.8) is 0 Å². The van der Waals surface area contributed by atoms with Crippen LogP contribution in [0.4, 0.5) is 9.59 Å². The Morgan fingerprint density at radius 1 is 1.15 bits per heavy atom. The van der Waals surface area contributed by atoms with E-state index in [4.69, 9.17) is 18.9 Å². The topological polar surface area (TPSA) is 92.8 Å². The number of carbonyl (C=O) groups is 2. The van der Waals surface area contributed by atoms with Gasteiger partial charge in [0.25, 0.3) is 0 Å². The monoisotopic (exact) mass is 369 g/mol. The lowest BCUT2D eigenvalue weighted by Crippen LogP contribution is -2.37. The largest absolute Gasteiger partial charge is 0.511 e. The fraction of sp³-hybridized carbons (Fsp3) is 0.529. The molecular formula is C17H23NO8. The minimum Gasteiger partial charge on any atom is -0.454 e. The molecule has 1 aromatic rings. The van der Waals surface area contributed by atoms with Crippen molar-refractivity contribution in [2.45, 2.75) is 19.4 Å². The van der Waals surface area contributed by atoms with Crippen molar-refractivity contribution >= 4 is 12.2 Å². The van der Waals surface area contributed by atoms with Gasteiger partial charge < -0.3 is 33.3 Å². The molecule has 1 atom stereocenters. The van der Waals surface area contributed by atoms with Crippen molar-refractivity contribution in [1.82, 2.24) is 4.90 Å². The van der Waals surface area contributed by atoms with Crippen molar-refractivity contribution in [1.29, 1.82) is 0 Å². The second-order valence-electron chi connectivity index (χ2n) is 5.62. The van der Waals surface area contributed by atoms with Gasteiger partial charge in [-0.15, -0.1) is 0 Å². The number of nitrogens with zero attached hydrogens (tertiary/aromatic N) is 1. The number of hydrogen-bond donors (Lipinski definition) is 0. The first-order chi connectivity index (χ1) is 12.5. The van der Waals surface area contributed by atoms with E-state index in [1.165, 1.54) is 12.0 Å². The quantitative estimate of drug-likeness (QED) is 0.391. The second-order valence-corrected chi connectivity index (χ2v) is 5.62. The van der Waals surface area contributed by atoms with Gasteiger partial charge in [-0.1, -0.05) is 6.07 Å². The highest BCUT2D eigenvalue weighted by atomic mass is 16.8. The van der Waals surface area contributed by atoms with Crippen LogP contribution in [0.15, 0.2) is 18.2 Å². The summed E-state index contributed by atoms with van der Waals surface area (Å²) in [4.78, 5) is 24.6. The maximum Gasteiger partial charge on any atom is 0.511 e. The van der Waals surface area contributed by atoms with Crippen LogP contribution in [0.1, 0.15) is 12.5 Å². The molecule has 1 aliphatic rings. The Kier molecular flexibility index (Phi) is 7.34. The lowest BCUT2D eigenvalue weighted by atomic mass is 10.1. The second kappa shape index (κ2) is 9.71. The van der Waals surface area contributed by atoms with Crippen LogP contribution in [0.5, 0.6) is 11.5 Å². The summed E-state index contributed by atoms with van der Waals surface area (Å²) in [5.41, 5.74) is 0.999. The first kappa shape index (κ1) is 19.6. The van der Waals surface area contributed by atoms with Crippen LogP contribution in [0, 0.1) is 0 Å². The Balaban J connectivity index is 1.72. The number of rotatable bonds is 8. The molecule has 0 aliphatic carbocycles. The summed E-state index contributed by atoms with van der Waals surface area (Å²) < 4.78 is 29.6. The molecule has 0 fully saturated rings. The van der Waals surface area contributed by atoms with Gasteiger partial charge in [0, 0.05) is 20.2 Å². The predicted octanol–water partition coefficient (Wildman–Crippen LogP) is 2.17. The van der Waals surface area contributed by atoms with Crippen LogP contribution in [-0.4, -0.2) is 64.1 Å². The molecule has 0 spiro atoms. The zero-order valence-corrected chi connectivity index (χ0v) is 15.1. The number of methoxy groups -OCH3 is 1. The van der Waals surface area contributed by atoms with Gasteiger partial charge in [-0.2, -0.15) is 0 Å². The van der Waals surface area contributed by atoms with Gasteiger partial charge in [0.05, 0.1) is 6.61 Å². The highest BCUT2D eigenvalue weighted by molar-refractivity contribution is 5.68. The summed E-state index contributed by atoms with van der Waals surface area (Å²) in [5, 5.41) is 0. The molecule has 2 rings (SSSR count). The molecule has 0 N–H and O–H groups in total. The zero-order valence-electron chi connectivity index (χ0n) is 15.1. The van der Waals surface area contributed by atoms with Gasteiger partial charge in [0.15, 0.2) is 11.5 Å². The van der Waals surface area contributed by atoms with Gasteiger partial charge >= 0.3 is 12.2 Å². The molecule has 0 radical (unpaired) electrons. The summed E-state index contributed by atoms with van der Waals surface area (Å²) in [6, 6.07) is 5.50. The van der Waals surface area contributed by atoms with Crippen LogP contribution in [0.3, 0.4) is 0 Å². The van der Waals surface area contributed by atoms with Gasteiger partial charge in [-0.25, -0.2) is 9.59 Å². The first-order valence-electron chi connectivity index (χ1n) is 8.08. The maximum absolute atomic E-state index is 12.0. The van der Waals surface area contributed by atoms with E-state index in [9.17, 15) is 9.59 Å². The van der Waals surface area contributed by atoms with Crippen LogP contribution in [0.25, 0.3) is 0 Å². The molecule has 1 heterocycles. The van der Waals surface area contributed by atoms with Crippen molar-refractivity contribution in [3.05, 3.63) is 23.8 Å². The molecule has 144 valence electrons. The van der Waals surface area contributed by atoms with Gasteiger partial charge in [0.2, 0.25) is 13.6 Å². The molecular weight excluding hydrogens is 346 g/mol. The molecule has 1 unspecified atom stereocenters. The average Bonchev–Trinajstić information content (AvgIpc) is 3.08. The van der Waals surface area contributed by atoms with Crippen LogP contribution in [0.2, 0.25) is 0 Å². The summed E-state index contributed by atoms with van der Waals surface area (Å²) in [6.07, 6.45) is -0.934. The van der Waals surface area contributed by atoms with Gasteiger partial charge in [-0.3, -0.25) is 0 Å². The molecule has 9 nitrogen and oxygen atoms in total. The predicted molar refractivity (Wildman–Crippen MR) is 89.2 cm³/mol. The fourth-order valence-corrected chi connectivity index (χ4v) is 2.21. The van der Waals surface area contributed by atoms with Crippen LogP contribution >= 0.6 is 0 Å². The molecule has 0 bridgehead atoms. The zero-order chi connectivity index (χ0) is 18.9. The number of hydrogen-bond acceptors (Lipinski definition) is 8. The highest BCUT2D eigenvalue weighted by Gasteiger charge is 2.20. The third kappa shape index (κ3) is 5.69. The smallest absolute Gasteiger partial charge is 0.454 e. The van der Waals surface area contributed by atoms with Crippen LogP contribution < -0.4 is 9.47 Å². The molecule has 0 aromatic heterocycles. The Morgan fingerprint density at radius 3 is 2.69 bits per heavy atom. The van der Waals surface area contributed by atoms with E-state index in [1.54, 1.807) is 7.05 Å². The van der Waals surface area contributed by atoms with Crippen molar-refractivity contribution in [2.24, 2.45) is 0 Å². The summed E-state index contributed by atoms with van der Waals surface area (Å²) in [6.45, 7) is 1.90. The standard InChI is InChI=1S/C17H23NO8/c1-12(8-13-4-5-14-15(9-13)24-10-23-14)18(2)16(19)25-11-26-17(20)22-7-6-21-3/h4-5,9,12H,6-8,10-11H2,1-3H3. The number of ether oxygens (including phenoxy) is 6. The minimum atomic E-state index is -0.925. The Hall–Kier alpha value is -2.68. The first-order valence-corrected chi connectivity index (χ1v) is 8.08. The summed E-state index contributed by atoms with van der Waals surface area (Å²) in [5.74, 6) is 1.41. The van der Waals surface area contributed by atoms with Crippen molar-refractivity contribution in [3.8, 4) is 11.5 Å². The molecule has 1 amide bonds. The SMILES string of the molecule is COCCOC(=O)OCOC(=O)N(C)C(C)Cc1ccc2c(c1)OCO2. The van der Waals surface area contributed by atoms with E-state index in [2.05, 4.69) is 9.47 Å². The minimum absolute atomic E-state index is 0.0652. The number of carbonyl (C=O) groups excluding carboxylic acids is 2. The molecule has 1 aliphatic heterocycles. The average molecular weight is 369 g/mol. The van der Waals surface area contributed by atoms with Gasteiger partial charge in [0.1, 0.15) is 6.61 Å². The molecule has 0 saturated heterocycles. The summed E-state index contributed by atoms with van der Waals surface area (Å²) in [7, 11) is 3.09. The van der Waals surface area contributed by atoms with E-state index in [0.29, 0.717) is 17.9 Å². The fourth-order valence-electron chi connectivity index (χ4n) is 2.21. The van der Waals surface area contributed by atoms with E-state index >= 15 is 0 Å². The normalized spacial score (nSPS) is 13.0. The molecule has 0 saturated carbocycles. The maximum atomic E-state index is 12.0. The number of likely N-dealkylation sites (N-methyl/N-ethyl adjacent to an activating group) is 1. The third-order valence-corrected chi connectivity index (χ3v) is 3.78. The molecule has 26 heavy (non-hydrogen) atoms. The Morgan fingerprint density at radius 2 is 1.92 bits per heavy atom. The number of fused-ring (bicyclic) bond motifs is 1. The van der Waals surface area contributed by atoms with Crippen LogP contribution in [-0.2, 0) is 25.4 Å². The van der Waals surface area contributed by atoms with E-state index in [0.717, 1.165) is 5.56 Å². The lowest BCUT2D eigenvalue weighted by Gasteiger charge is -2.24. The summed E-state index contributed by atoms with van der Waals surface area (Å²) >= 11 is 0. The molecule has 1 aromatic carbocycles. The number of amides is 1. The van der Waals surface area contributed by atoms with E-state index < -0.39 is 19.0 Å². The number of benzene rings is 1. The lowest BCUT2D eigenvalue weighted by molar-refractivity contribution is -0.0292. The van der Waals surface area contributed by atoms with E-state index in [-0.39, 0.29) is 26.0 Å². The highest BCUT2D eigenvalue weighted by Crippen LogP contribution is 2.32. The van der Waals surface area contributed by atoms with E-state index in [1.807, 2.05) is 25.1 Å². The van der Waals surface area contributed by atoms with Crippen molar-refractivity contribution < 1.29 is 38.0 Å². The molecule has 9 heteroatoms. The Labute approximate surface area is 151 Å². The van der Waals surface area contributed by atoms with Gasteiger partial charge in [-0.05, 0) is 31.0 Å². The van der Waals surface area contributed by atoms with Crippen molar-refractivity contribution in [2.75, 3.05) is 41.0 Å².